The van der Waals surface area contributed by atoms with Crippen molar-refractivity contribution in [3.63, 3.8) is 0 Å². The summed E-state index contributed by atoms with van der Waals surface area (Å²) in [4.78, 5) is 9.02. The lowest BCUT2D eigenvalue weighted by atomic mass is 9.90. The Bertz CT molecular complexity index is 1440. The van der Waals surface area contributed by atoms with E-state index in [-0.39, 0.29) is 0 Å². The van der Waals surface area contributed by atoms with Crippen molar-refractivity contribution in [2.75, 3.05) is 0 Å². The average Bonchev–Trinajstić information content (AvgIpc) is 2.89. The van der Waals surface area contributed by atoms with Crippen LogP contribution in [0.25, 0.3) is 44.1 Å². The van der Waals surface area contributed by atoms with E-state index in [0.29, 0.717) is 0 Å². The van der Waals surface area contributed by atoms with Crippen LogP contribution in [0.5, 0.6) is 0 Å². The van der Waals surface area contributed by atoms with E-state index in [0.717, 1.165) is 16.7 Å². The fraction of sp³-hybridized carbons (Fsp3) is 0.0323. The first-order valence-corrected chi connectivity index (χ1v) is 11.1. The highest BCUT2D eigenvalue weighted by Crippen LogP contribution is 2.38. The zero-order chi connectivity index (χ0) is 22.5. The standard InChI is InChI=1S/C22H17N.C9H7N/c1-16-21(17-10-4-2-5-11-17)22(18-12-6-3-7-13-18)19-14-8-9-15-20(19)23-16;1-2-6-9-8(4-1)5-3-7-10-9/h2-15H,1H3;1-7H. The Hall–Kier alpha value is -4.30. The van der Waals surface area contributed by atoms with E-state index < -0.39 is 0 Å². The second-order valence-electron chi connectivity index (χ2n) is 7.89. The van der Waals surface area contributed by atoms with Gasteiger partial charge < -0.3 is 0 Å². The predicted octanol–water partition coefficient (Wildman–Crippen LogP) is 8.11. The van der Waals surface area contributed by atoms with Crippen LogP contribution in [0.1, 0.15) is 5.69 Å². The molecule has 4 aromatic carbocycles. The van der Waals surface area contributed by atoms with E-state index in [9.17, 15) is 0 Å². The molecule has 0 aliphatic rings. The third-order valence-corrected chi connectivity index (χ3v) is 5.71. The zero-order valence-corrected chi connectivity index (χ0v) is 18.5. The molecule has 0 atom stereocenters. The van der Waals surface area contributed by atoms with Crippen molar-refractivity contribution in [2.24, 2.45) is 0 Å². The molecule has 0 saturated heterocycles. The molecule has 2 nitrogen and oxygen atoms in total. The molecule has 0 radical (unpaired) electrons. The smallest absolute Gasteiger partial charge is 0.0711 e. The molecule has 158 valence electrons. The molecule has 0 saturated carbocycles. The summed E-state index contributed by atoms with van der Waals surface area (Å²) < 4.78 is 0. The molecule has 0 N–H and O–H groups in total. The molecule has 6 aromatic rings. The van der Waals surface area contributed by atoms with Crippen molar-refractivity contribution in [1.82, 2.24) is 9.97 Å². The molecular weight excluding hydrogens is 400 g/mol. The summed E-state index contributed by atoms with van der Waals surface area (Å²) in [5.41, 5.74) is 8.09. The molecular formula is C31H24N2. The number of aryl methyl sites for hydroxylation is 1. The quantitative estimate of drug-likeness (QED) is 0.280. The molecule has 0 unspecified atom stereocenters. The summed E-state index contributed by atoms with van der Waals surface area (Å²) >= 11 is 0. The highest BCUT2D eigenvalue weighted by Gasteiger charge is 2.15. The monoisotopic (exact) mass is 424 g/mol. The van der Waals surface area contributed by atoms with Crippen molar-refractivity contribution >= 4 is 21.8 Å². The van der Waals surface area contributed by atoms with Crippen LogP contribution >= 0.6 is 0 Å². The van der Waals surface area contributed by atoms with Gasteiger partial charge in [-0.2, -0.15) is 0 Å². The Balaban J connectivity index is 0.000000190. The maximum atomic E-state index is 4.84. The number of para-hydroxylation sites is 2. The number of benzene rings is 4. The largest absolute Gasteiger partial charge is 0.256 e. The van der Waals surface area contributed by atoms with Crippen LogP contribution in [0.4, 0.5) is 0 Å². The Morgan fingerprint density at radius 3 is 1.73 bits per heavy atom. The minimum absolute atomic E-state index is 1.04. The van der Waals surface area contributed by atoms with Gasteiger partial charge in [0, 0.05) is 33.8 Å². The minimum Gasteiger partial charge on any atom is -0.256 e. The van der Waals surface area contributed by atoms with Crippen LogP contribution in [0.2, 0.25) is 0 Å². The lowest BCUT2D eigenvalue weighted by Gasteiger charge is -2.16. The van der Waals surface area contributed by atoms with Gasteiger partial charge in [0.25, 0.3) is 0 Å². The number of nitrogens with zero attached hydrogens (tertiary/aromatic N) is 2. The van der Waals surface area contributed by atoms with Crippen molar-refractivity contribution < 1.29 is 0 Å². The number of hydrogen-bond acceptors (Lipinski definition) is 2. The van der Waals surface area contributed by atoms with Crippen LogP contribution in [-0.2, 0) is 0 Å². The lowest BCUT2D eigenvalue weighted by molar-refractivity contribution is 1.26. The molecule has 2 heteroatoms. The maximum Gasteiger partial charge on any atom is 0.0711 e. The highest BCUT2D eigenvalue weighted by atomic mass is 14.7. The molecule has 0 spiro atoms. The van der Waals surface area contributed by atoms with Gasteiger partial charge >= 0.3 is 0 Å². The normalized spacial score (nSPS) is 10.6. The number of rotatable bonds is 2. The summed E-state index contributed by atoms with van der Waals surface area (Å²) in [7, 11) is 0. The summed E-state index contributed by atoms with van der Waals surface area (Å²) in [5.74, 6) is 0. The molecule has 6 rings (SSSR count). The Morgan fingerprint density at radius 1 is 0.485 bits per heavy atom. The first kappa shape index (κ1) is 20.6. The van der Waals surface area contributed by atoms with Gasteiger partial charge in [-0.25, -0.2) is 0 Å². The van der Waals surface area contributed by atoms with Gasteiger partial charge in [-0.05, 0) is 36.2 Å². The second kappa shape index (κ2) is 9.46. The van der Waals surface area contributed by atoms with Gasteiger partial charge in [-0.3, -0.25) is 9.97 Å². The molecule has 2 aromatic heterocycles. The van der Waals surface area contributed by atoms with Crippen LogP contribution in [0.3, 0.4) is 0 Å². The molecule has 0 bridgehead atoms. The SMILES string of the molecule is Cc1nc2ccccc2c(-c2ccccc2)c1-c1ccccc1.c1ccc2ncccc2c1. The van der Waals surface area contributed by atoms with Gasteiger partial charge in [-0.15, -0.1) is 0 Å². The van der Waals surface area contributed by atoms with Crippen LogP contribution < -0.4 is 0 Å². The van der Waals surface area contributed by atoms with Gasteiger partial charge in [0.05, 0.1) is 11.0 Å². The van der Waals surface area contributed by atoms with E-state index >= 15 is 0 Å². The summed E-state index contributed by atoms with van der Waals surface area (Å²) in [5, 5.41) is 2.40. The summed E-state index contributed by atoms with van der Waals surface area (Å²) in [6.45, 7) is 2.10. The molecule has 0 aliphatic heterocycles. The van der Waals surface area contributed by atoms with E-state index in [1.165, 1.54) is 33.0 Å². The summed E-state index contributed by atoms with van der Waals surface area (Å²) in [6.07, 6.45) is 1.81. The second-order valence-corrected chi connectivity index (χ2v) is 7.89. The minimum atomic E-state index is 1.04. The highest BCUT2D eigenvalue weighted by molar-refractivity contribution is 6.03. The molecule has 33 heavy (non-hydrogen) atoms. The molecule has 0 amide bonds. The zero-order valence-electron chi connectivity index (χ0n) is 18.5. The van der Waals surface area contributed by atoms with Crippen LogP contribution in [-0.4, -0.2) is 9.97 Å². The number of hydrogen-bond donors (Lipinski definition) is 0. The number of aromatic nitrogens is 2. The Kier molecular flexibility index (Phi) is 5.90. The molecule has 2 heterocycles. The fourth-order valence-corrected chi connectivity index (χ4v) is 4.21. The van der Waals surface area contributed by atoms with Crippen LogP contribution in [0.15, 0.2) is 128 Å². The maximum absolute atomic E-state index is 4.84. The van der Waals surface area contributed by atoms with Gasteiger partial charge in [0.1, 0.15) is 0 Å². The van der Waals surface area contributed by atoms with E-state index in [4.69, 9.17) is 4.98 Å². The molecule has 0 aliphatic carbocycles. The fourth-order valence-electron chi connectivity index (χ4n) is 4.21. The first-order chi connectivity index (χ1) is 16.3. The van der Waals surface area contributed by atoms with Crippen molar-refractivity contribution in [1.29, 1.82) is 0 Å². The number of pyridine rings is 2. The van der Waals surface area contributed by atoms with Crippen molar-refractivity contribution in [3.8, 4) is 22.3 Å². The van der Waals surface area contributed by atoms with E-state index in [1.807, 2.05) is 36.5 Å². The molecule has 0 fully saturated rings. The third kappa shape index (κ3) is 4.37. The summed E-state index contributed by atoms with van der Waals surface area (Å²) in [6, 6.07) is 41.6. The van der Waals surface area contributed by atoms with E-state index in [2.05, 4.69) is 103 Å². The van der Waals surface area contributed by atoms with Gasteiger partial charge in [-0.1, -0.05) is 103 Å². The third-order valence-electron chi connectivity index (χ3n) is 5.71. The lowest BCUT2D eigenvalue weighted by Crippen LogP contribution is -1.95. The number of fused-ring (bicyclic) bond motifs is 2. The van der Waals surface area contributed by atoms with Gasteiger partial charge in [0.15, 0.2) is 0 Å². The Morgan fingerprint density at radius 2 is 1.03 bits per heavy atom. The van der Waals surface area contributed by atoms with E-state index in [1.54, 1.807) is 0 Å². The topological polar surface area (TPSA) is 25.8 Å². The van der Waals surface area contributed by atoms with Gasteiger partial charge in [0.2, 0.25) is 0 Å². The Labute approximate surface area is 194 Å². The van der Waals surface area contributed by atoms with Crippen LogP contribution in [0, 0.1) is 6.92 Å². The predicted molar refractivity (Wildman–Crippen MR) is 139 cm³/mol. The van der Waals surface area contributed by atoms with Crippen molar-refractivity contribution in [2.45, 2.75) is 6.92 Å². The first-order valence-electron chi connectivity index (χ1n) is 11.1. The average molecular weight is 425 g/mol. The van der Waals surface area contributed by atoms with Crippen molar-refractivity contribution in [3.05, 3.63) is 133 Å².